The number of rotatable bonds is 7. The Balaban J connectivity index is 1.77. The molecule has 1 atom stereocenters. The van der Waals surface area contributed by atoms with E-state index in [-0.39, 0.29) is 6.04 Å². The second-order valence-electron chi connectivity index (χ2n) is 6.80. The summed E-state index contributed by atoms with van der Waals surface area (Å²) in [6, 6.07) is 11.4. The molecule has 0 saturated carbocycles. The van der Waals surface area contributed by atoms with E-state index in [2.05, 4.69) is 4.90 Å². The van der Waals surface area contributed by atoms with Gasteiger partial charge in [0.25, 0.3) is 0 Å². The highest BCUT2D eigenvalue weighted by atomic mass is 32.2. The second kappa shape index (κ2) is 7.92. The molecule has 1 unspecified atom stereocenters. The average molecular weight is 378 g/mol. The van der Waals surface area contributed by atoms with Crippen LogP contribution >= 0.6 is 0 Å². The molecule has 0 N–H and O–H groups in total. The van der Waals surface area contributed by atoms with Crippen LogP contribution in [0.25, 0.3) is 0 Å². The predicted octanol–water partition coefficient (Wildman–Crippen LogP) is 3.01. The summed E-state index contributed by atoms with van der Waals surface area (Å²) in [6.45, 7) is 2.13. The van der Waals surface area contributed by atoms with Crippen LogP contribution < -0.4 is 0 Å². The van der Waals surface area contributed by atoms with Crippen LogP contribution in [0.5, 0.6) is 0 Å². The molecule has 2 heterocycles. The number of likely N-dealkylation sites (tertiary alicyclic amines) is 1. The Morgan fingerprint density at radius 1 is 1.27 bits per heavy atom. The molecular weight excluding hydrogens is 352 g/mol. The smallest absolute Gasteiger partial charge is 0.242 e. The molecule has 3 rings (SSSR count). The summed E-state index contributed by atoms with van der Waals surface area (Å²) in [5.74, 6) is 1.78. The number of nitrogens with zero attached hydrogens (tertiary/aromatic N) is 2. The minimum absolute atomic E-state index is 0.217. The standard InChI is InChI=1S/C19H26N2O4S/c1-20(2)26(22,23)17-7-4-6-15(12-17)13-21-11-5-8-18(21)19-10-9-16(25-19)14-24-3/h4,6-7,9-10,12,18H,5,8,11,13-14H2,1-3H3. The Kier molecular flexibility index (Phi) is 5.82. The van der Waals surface area contributed by atoms with Gasteiger partial charge in [0.05, 0.1) is 10.9 Å². The molecule has 0 aliphatic carbocycles. The van der Waals surface area contributed by atoms with Gasteiger partial charge in [0.2, 0.25) is 10.0 Å². The van der Waals surface area contributed by atoms with Crippen molar-refractivity contribution in [2.75, 3.05) is 27.7 Å². The molecule has 1 fully saturated rings. The summed E-state index contributed by atoms with van der Waals surface area (Å²) < 4.78 is 37.0. The quantitative estimate of drug-likeness (QED) is 0.741. The molecule has 0 spiro atoms. The molecule has 1 aromatic carbocycles. The van der Waals surface area contributed by atoms with Gasteiger partial charge in [0.1, 0.15) is 18.1 Å². The Bertz CT molecular complexity index is 845. The lowest BCUT2D eigenvalue weighted by Gasteiger charge is -2.23. The zero-order valence-electron chi connectivity index (χ0n) is 15.5. The first-order valence-electron chi connectivity index (χ1n) is 8.75. The third-order valence-electron chi connectivity index (χ3n) is 4.72. The SMILES string of the molecule is COCc1ccc(C2CCCN2Cc2cccc(S(=O)(=O)N(C)C)c2)o1. The summed E-state index contributed by atoms with van der Waals surface area (Å²) in [6.07, 6.45) is 2.14. The molecule has 1 aromatic heterocycles. The van der Waals surface area contributed by atoms with Gasteiger partial charge in [-0.1, -0.05) is 12.1 Å². The van der Waals surface area contributed by atoms with Crippen LogP contribution in [0.15, 0.2) is 45.7 Å². The van der Waals surface area contributed by atoms with Crippen LogP contribution in [-0.2, 0) is 27.9 Å². The van der Waals surface area contributed by atoms with Gasteiger partial charge >= 0.3 is 0 Å². The highest BCUT2D eigenvalue weighted by Gasteiger charge is 2.29. The first-order chi connectivity index (χ1) is 12.4. The number of hydrogen-bond donors (Lipinski definition) is 0. The largest absolute Gasteiger partial charge is 0.462 e. The Labute approximate surface area is 155 Å². The maximum atomic E-state index is 12.4. The Hall–Kier alpha value is -1.67. The van der Waals surface area contributed by atoms with Gasteiger partial charge in [-0.3, -0.25) is 4.90 Å². The van der Waals surface area contributed by atoms with Gasteiger partial charge in [-0.05, 0) is 49.2 Å². The van der Waals surface area contributed by atoms with Crippen molar-refractivity contribution >= 4 is 10.0 Å². The molecule has 2 aromatic rings. The van der Waals surface area contributed by atoms with Crippen molar-refractivity contribution < 1.29 is 17.6 Å². The Morgan fingerprint density at radius 2 is 2.08 bits per heavy atom. The van der Waals surface area contributed by atoms with Crippen LogP contribution in [0.1, 0.15) is 36.0 Å². The summed E-state index contributed by atoms with van der Waals surface area (Å²) in [7, 11) is 1.33. The number of hydrogen-bond acceptors (Lipinski definition) is 5. The molecule has 7 heteroatoms. The van der Waals surface area contributed by atoms with Crippen LogP contribution in [0.3, 0.4) is 0 Å². The molecular formula is C19H26N2O4S. The molecule has 26 heavy (non-hydrogen) atoms. The lowest BCUT2D eigenvalue weighted by atomic mass is 10.1. The monoisotopic (exact) mass is 378 g/mol. The second-order valence-corrected chi connectivity index (χ2v) is 8.95. The van der Waals surface area contributed by atoms with Gasteiger partial charge in [0.15, 0.2) is 0 Å². The molecule has 0 amide bonds. The van der Waals surface area contributed by atoms with Crippen molar-refractivity contribution in [3.63, 3.8) is 0 Å². The van der Waals surface area contributed by atoms with Crippen molar-refractivity contribution in [3.05, 3.63) is 53.5 Å². The maximum Gasteiger partial charge on any atom is 0.242 e. The van der Waals surface area contributed by atoms with Crippen molar-refractivity contribution in [1.82, 2.24) is 9.21 Å². The maximum absolute atomic E-state index is 12.4. The minimum atomic E-state index is -3.42. The fourth-order valence-electron chi connectivity index (χ4n) is 3.38. The van der Waals surface area contributed by atoms with E-state index in [0.717, 1.165) is 36.5 Å². The molecule has 0 bridgehead atoms. The van der Waals surface area contributed by atoms with Crippen molar-refractivity contribution in [1.29, 1.82) is 0 Å². The van der Waals surface area contributed by atoms with E-state index < -0.39 is 10.0 Å². The number of furan rings is 1. The molecule has 1 aliphatic heterocycles. The Morgan fingerprint density at radius 3 is 2.81 bits per heavy atom. The third-order valence-corrected chi connectivity index (χ3v) is 6.53. The summed E-state index contributed by atoms with van der Waals surface area (Å²) >= 11 is 0. The van der Waals surface area contributed by atoms with Crippen LogP contribution in [-0.4, -0.2) is 45.4 Å². The average Bonchev–Trinajstić information content (AvgIpc) is 3.24. The molecule has 142 valence electrons. The van der Waals surface area contributed by atoms with E-state index in [1.165, 1.54) is 4.31 Å². The van der Waals surface area contributed by atoms with E-state index in [9.17, 15) is 8.42 Å². The van der Waals surface area contributed by atoms with Crippen molar-refractivity contribution in [3.8, 4) is 0 Å². The van der Waals surface area contributed by atoms with Gasteiger partial charge in [-0.25, -0.2) is 12.7 Å². The van der Waals surface area contributed by atoms with E-state index in [1.807, 2.05) is 18.2 Å². The molecule has 6 nitrogen and oxygen atoms in total. The minimum Gasteiger partial charge on any atom is -0.462 e. The van der Waals surface area contributed by atoms with E-state index in [4.69, 9.17) is 9.15 Å². The van der Waals surface area contributed by atoms with Crippen LogP contribution in [0.4, 0.5) is 0 Å². The van der Waals surface area contributed by atoms with Crippen LogP contribution in [0.2, 0.25) is 0 Å². The fourth-order valence-corrected chi connectivity index (χ4v) is 4.35. The lowest BCUT2D eigenvalue weighted by Crippen LogP contribution is -2.24. The lowest BCUT2D eigenvalue weighted by molar-refractivity contribution is 0.155. The molecule has 1 saturated heterocycles. The summed E-state index contributed by atoms with van der Waals surface area (Å²) in [5, 5.41) is 0. The highest BCUT2D eigenvalue weighted by molar-refractivity contribution is 7.89. The van der Waals surface area contributed by atoms with Gasteiger partial charge in [-0.15, -0.1) is 0 Å². The number of methoxy groups -OCH3 is 1. The molecule has 1 aliphatic rings. The third kappa shape index (κ3) is 4.01. The van der Waals surface area contributed by atoms with Crippen molar-refractivity contribution in [2.24, 2.45) is 0 Å². The van der Waals surface area contributed by atoms with Crippen LogP contribution in [0, 0.1) is 0 Å². The van der Waals surface area contributed by atoms with Gasteiger partial charge in [0, 0.05) is 27.7 Å². The first-order valence-corrected chi connectivity index (χ1v) is 10.2. The zero-order valence-corrected chi connectivity index (χ0v) is 16.3. The van der Waals surface area contributed by atoms with E-state index in [0.29, 0.717) is 18.0 Å². The summed E-state index contributed by atoms with van der Waals surface area (Å²) in [4.78, 5) is 2.67. The zero-order chi connectivity index (χ0) is 18.7. The van der Waals surface area contributed by atoms with Crippen molar-refractivity contribution in [2.45, 2.75) is 36.9 Å². The first kappa shape index (κ1) is 19.1. The predicted molar refractivity (Wildman–Crippen MR) is 99.1 cm³/mol. The number of ether oxygens (including phenoxy) is 1. The van der Waals surface area contributed by atoms with Gasteiger partial charge in [-0.2, -0.15) is 0 Å². The number of sulfonamides is 1. The fraction of sp³-hybridized carbons (Fsp3) is 0.474. The normalized spacial score (nSPS) is 18.7. The summed E-state index contributed by atoms with van der Waals surface area (Å²) in [5.41, 5.74) is 0.989. The van der Waals surface area contributed by atoms with E-state index >= 15 is 0 Å². The van der Waals surface area contributed by atoms with E-state index in [1.54, 1.807) is 39.4 Å². The molecule has 0 radical (unpaired) electrons. The topological polar surface area (TPSA) is 63.0 Å². The number of benzene rings is 1. The highest BCUT2D eigenvalue weighted by Crippen LogP contribution is 2.34. The van der Waals surface area contributed by atoms with Gasteiger partial charge < -0.3 is 9.15 Å².